The number of rotatable bonds is 2. The van der Waals surface area contributed by atoms with Crippen LogP contribution in [-0.2, 0) is 4.79 Å². The summed E-state index contributed by atoms with van der Waals surface area (Å²) in [6.07, 6.45) is 4.15. The first-order chi connectivity index (χ1) is 9.14. The predicted molar refractivity (Wildman–Crippen MR) is 75.4 cm³/mol. The number of carbonyl (C=O) groups excluding carboxylic acids is 1. The second-order valence-corrected chi connectivity index (χ2v) is 5.14. The van der Waals surface area contributed by atoms with Crippen LogP contribution in [0.25, 0.3) is 0 Å². The van der Waals surface area contributed by atoms with Crippen molar-refractivity contribution in [1.29, 1.82) is 0 Å². The molecule has 19 heavy (non-hydrogen) atoms. The summed E-state index contributed by atoms with van der Waals surface area (Å²) in [4.78, 5) is 16.5. The minimum atomic E-state index is -0.249. The predicted octanol–water partition coefficient (Wildman–Crippen LogP) is 1.91. The first-order valence-electron chi connectivity index (χ1n) is 6.61. The Bertz CT molecular complexity index is 522. The molecule has 3 N–H and O–H groups in total. The second-order valence-electron chi connectivity index (χ2n) is 5.14. The zero-order valence-corrected chi connectivity index (χ0v) is 11.2. The third kappa shape index (κ3) is 3.33. The normalized spacial score (nSPS) is 16.5. The molecule has 0 radical (unpaired) electrons. The van der Waals surface area contributed by atoms with E-state index >= 15 is 0 Å². The molecule has 1 saturated carbocycles. The number of hydrogen-bond donors (Lipinski definition) is 2. The van der Waals surface area contributed by atoms with Crippen molar-refractivity contribution in [3.05, 3.63) is 23.9 Å². The molecule has 0 saturated heterocycles. The van der Waals surface area contributed by atoms with Gasteiger partial charge in [0.15, 0.2) is 0 Å². The maximum Gasteiger partial charge on any atom is 0.231 e. The summed E-state index contributed by atoms with van der Waals surface area (Å²) >= 11 is 0. The second kappa shape index (κ2) is 5.85. The van der Waals surface area contributed by atoms with Gasteiger partial charge in [-0.1, -0.05) is 31.8 Å². The molecular formula is C15H19N3O. The van der Waals surface area contributed by atoms with Gasteiger partial charge in [0.05, 0.1) is 6.54 Å². The molecule has 1 aliphatic rings. The van der Waals surface area contributed by atoms with Gasteiger partial charge in [0, 0.05) is 5.41 Å². The number of carbonyl (C=O) groups is 1. The van der Waals surface area contributed by atoms with Crippen molar-refractivity contribution < 1.29 is 4.79 Å². The summed E-state index contributed by atoms with van der Waals surface area (Å²) in [5.41, 5.74) is 5.70. The first kappa shape index (κ1) is 13.6. The monoisotopic (exact) mass is 257 g/mol. The summed E-state index contributed by atoms with van der Waals surface area (Å²) in [7, 11) is 0. The number of nitrogens with one attached hydrogen (secondary N) is 1. The maximum absolute atomic E-state index is 12.3. The molecule has 0 unspecified atom stereocenters. The van der Waals surface area contributed by atoms with Crippen molar-refractivity contribution in [2.45, 2.75) is 32.6 Å². The van der Waals surface area contributed by atoms with Gasteiger partial charge in [-0.2, -0.15) is 0 Å². The van der Waals surface area contributed by atoms with Crippen molar-refractivity contribution in [3.63, 3.8) is 0 Å². The summed E-state index contributed by atoms with van der Waals surface area (Å²) in [6.45, 7) is 2.32. The van der Waals surface area contributed by atoms with E-state index in [0.717, 1.165) is 25.7 Å². The molecule has 2 rings (SSSR count). The van der Waals surface area contributed by atoms with Crippen LogP contribution in [0.15, 0.2) is 18.2 Å². The Balaban J connectivity index is 2.08. The van der Waals surface area contributed by atoms with Crippen LogP contribution in [0, 0.1) is 17.3 Å². The Hall–Kier alpha value is -1.86. The molecule has 0 atom stereocenters. The van der Waals surface area contributed by atoms with Crippen molar-refractivity contribution in [2.24, 2.45) is 11.1 Å². The molecule has 1 fully saturated rings. The van der Waals surface area contributed by atoms with Crippen molar-refractivity contribution in [1.82, 2.24) is 4.98 Å². The molecule has 0 aromatic carbocycles. The molecular weight excluding hydrogens is 238 g/mol. The third-order valence-electron chi connectivity index (χ3n) is 3.56. The van der Waals surface area contributed by atoms with Gasteiger partial charge in [0.25, 0.3) is 0 Å². The summed E-state index contributed by atoms with van der Waals surface area (Å²) in [5, 5.41) is 2.89. The van der Waals surface area contributed by atoms with Crippen molar-refractivity contribution >= 4 is 11.7 Å². The van der Waals surface area contributed by atoms with E-state index in [9.17, 15) is 4.79 Å². The van der Waals surface area contributed by atoms with E-state index in [4.69, 9.17) is 5.73 Å². The fourth-order valence-corrected chi connectivity index (χ4v) is 2.37. The third-order valence-corrected chi connectivity index (χ3v) is 3.56. The fraction of sp³-hybridized carbons (Fsp3) is 0.467. The first-order valence-corrected chi connectivity index (χ1v) is 6.61. The highest BCUT2D eigenvalue weighted by Gasteiger charge is 2.36. The quantitative estimate of drug-likeness (QED) is 0.795. The van der Waals surface area contributed by atoms with Gasteiger partial charge in [-0.15, -0.1) is 0 Å². The topological polar surface area (TPSA) is 68.0 Å². The Kier molecular flexibility index (Phi) is 4.18. The summed E-state index contributed by atoms with van der Waals surface area (Å²) in [5.74, 6) is 6.22. The minimum Gasteiger partial charge on any atom is -0.320 e. The number of pyridine rings is 1. The van der Waals surface area contributed by atoms with E-state index in [1.54, 1.807) is 12.1 Å². The van der Waals surface area contributed by atoms with Gasteiger partial charge >= 0.3 is 0 Å². The van der Waals surface area contributed by atoms with Crippen LogP contribution in [0.5, 0.6) is 0 Å². The van der Waals surface area contributed by atoms with E-state index < -0.39 is 0 Å². The lowest BCUT2D eigenvalue weighted by molar-refractivity contribution is -0.124. The number of hydrogen-bond acceptors (Lipinski definition) is 3. The lowest BCUT2D eigenvalue weighted by Crippen LogP contribution is -2.31. The summed E-state index contributed by atoms with van der Waals surface area (Å²) in [6, 6.07) is 5.42. The number of amides is 1. The average molecular weight is 257 g/mol. The fourth-order valence-electron chi connectivity index (χ4n) is 2.37. The zero-order valence-electron chi connectivity index (χ0n) is 11.2. The molecule has 1 aromatic rings. The van der Waals surface area contributed by atoms with Gasteiger partial charge in [-0.3, -0.25) is 4.79 Å². The van der Waals surface area contributed by atoms with Crippen molar-refractivity contribution in [2.75, 3.05) is 11.9 Å². The van der Waals surface area contributed by atoms with Crippen molar-refractivity contribution in [3.8, 4) is 11.8 Å². The largest absolute Gasteiger partial charge is 0.320 e. The van der Waals surface area contributed by atoms with Gasteiger partial charge in [-0.25, -0.2) is 4.98 Å². The van der Waals surface area contributed by atoms with Crippen LogP contribution in [0.3, 0.4) is 0 Å². The smallest absolute Gasteiger partial charge is 0.231 e. The lowest BCUT2D eigenvalue weighted by Gasteiger charge is -2.21. The van der Waals surface area contributed by atoms with Crippen LogP contribution < -0.4 is 11.1 Å². The minimum absolute atomic E-state index is 0.0569. The Morgan fingerprint density at radius 1 is 1.47 bits per heavy atom. The van der Waals surface area contributed by atoms with E-state index in [-0.39, 0.29) is 11.3 Å². The molecule has 4 heteroatoms. The molecule has 0 aliphatic heterocycles. The van der Waals surface area contributed by atoms with E-state index in [2.05, 4.69) is 22.1 Å². The van der Waals surface area contributed by atoms with Gasteiger partial charge < -0.3 is 11.1 Å². The Morgan fingerprint density at radius 2 is 2.21 bits per heavy atom. The van der Waals surface area contributed by atoms with Gasteiger partial charge in [0.1, 0.15) is 11.5 Å². The SMILES string of the molecule is CC1(C(=O)Nc2cccc(C#CCN)n2)CCCC1. The van der Waals surface area contributed by atoms with Gasteiger partial charge in [0.2, 0.25) is 5.91 Å². The maximum atomic E-state index is 12.3. The average Bonchev–Trinajstić information content (AvgIpc) is 2.85. The van der Waals surface area contributed by atoms with Gasteiger partial charge in [-0.05, 0) is 30.9 Å². The van der Waals surface area contributed by atoms with Crippen LogP contribution >= 0.6 is 0 Å². The molecule has 0 spiro atoms. The zero-order chi connectivity index (χ0) is 13.7. The number of nitrogens with zero attached hydrogens (tertiary/aromatic N) is 1. The highest BCUT2D eigenvalue weighted by atomic mass is 16.2. The van der Waals surface area contributed by atoms with E-state index in [1.165, 1.54) is 0 Å². The lowest BCUT2D eigenvalue weighted by atomic mass is 9.88. The summed E-state index contributed by atoms with van der Waals surface area (Å²) < 4.78 is 0. The Morgan fingerprint density at radius 3 is 2.89 bits per heavy atom. The van der Waals surface area contributed by atoms with E-state index in [1.807, 2.05) is 13.0 Å². The molecule has 1 heterocycles. The number of nitrogens with two attached hydrogens (primary N) is 1. The highest BCUT2D eigenvalue weighted by molar-refractivity contribution is 5.94. The van der Waals surface area contributed by atoms with Crippen LogP contribution in [-0.4, -0.2) is 17.4 Å². The number of aromatic nitrogens is 1. The molecule has 1 amide bonds. The van der Waals surface area contributed by atoms with Crippen LogP contribution in [0.1, 0.15) is 38.3 Å². The molecule has 1 aliphatic carbocycles. The highest BCUT2D eigenvalue weighted by Crippen LogP contribution is 2.38. The van der Waals surface area contributed by atoms with E-state index in [0.29, 0.717) is 18.1 Å². The molecule has 0 bridgehead atoms. The molecule has 100 valence electrons. The standard InChI is InChI=1S/C15H19N3O/c1-15(9-2-3-10-15)14(19)18-13-8-4-6-12(17-13)7-5-11-16/h4,6,8H,2-3,9-11,16H2,1H3,(H,17,18,19). The Labute approximate surface area is 113 Å². The number of anilines is 1. The molecule has 4 nitrogen and oxygen atoms in total. The molecule has 1 aromatic heterocycles. The van der Waals surface area contributed by atoms with Crippen LogP contribution in [0.4, 0.5) is 5.82 Å². The van der Waals surface area contributed by atoms with Crippen LogP contribution in [0.2, 0.25) is 0 Å².